The summed E-state index contributed by atoms with van der Waals surface area (Å²) < 4.78 is 21.5. The monoisotopic (exact) mass is 357 g/mol. The maximum Gasteiger partial charge on any atom is 0.351 e. The number of hydrogen-bond acceptors (Lipinski definition) is 6. The molecule has 7 nitrogen and oxygen atoms in total. The number of esters is 1. The molecule has 0 bridgehead atoms. The average Bonchev–Trinajstić information content (AvgIpc) is 2.67. The van der Waals surface area contributed by atoms with Gasteiger partial charge >= 0.3 is 5.97 Å². The summed E-state index contributed by atoms with van der Waals surface area (Å²) in [5.74, 6) is 0.410. The molecule has 26 heavy (non-hydrogen) atoms. The lowest BCUT2D eigenvalue weighted by Gasteiger charge is -2.26. The van der Waals surface area contributed by atoms with Crippen LogP contribution in [-0.2, 0) is 14.3 Å². The zero-order chi connectivity index (χ0) is 18.5. The van der Waals surface area contributed by atoms with Crippen molar-refractivity contribution in [3.8, 4) is 17.2 Å². The predicted molar refractivity (Wildman–Crippen MR) is 93.5 cm³/mol. The summed E-state index contributed by atoms with van der Waals surface area (Å²) in [4.78, 5) is 24.5. The minimum absolute atomic E-state index is 0.0245. The highest BCUT2D eigenvalue weighted by Crippen LogP contribution is 2.31. The SMILES string of the molecule is COc1ccccc1NC(=O)[C@H](C)OC(=O)[C@@H]1COc2ccccc2O1. The first-order valence-electron chi connectivity index (χ1n) is 8.11. The Morgan fingerprint density at radius 2 is 1.81 bits per heavy atom. The molecule has 0 radical (unpaired) electrons. The van der Waals surface area contributed by atoms with Crippen LogP contribution in [0.2, 0.25) is 0 Å². The van der Waals surface area contributed by atoms with E-state index in [1.54, 1.807) is 42.5 Å². The molecule has 136 valence electrons. The number of nitrogens with one attached hydrogen (secondary N) is 1. The zero-order valence-corrected chi connectivity index (χ0v) is 14.4. The van der Waals surface area contributed by atoms with E-state index in [1.165, 1.54) is 14.0 Å². The van der Waals surface area contributed by atoms with Crippen molar-refractivity contribution in [3.05, 3.63) is 48.5 Å². The number of ether oxygens (including phenoxy) is 4. The van der Waals surface area contributed by atoms with Crippen LogP contribution in [0.15, 0.2) is 48.5 Å². The summed E-state index contributed by atoms with van der Waals surface area (Å²) in [5.41, 5.74) is 0.495. The van der Waals surface area contributed by atoms with Gasteiger partial charge in [-0.15, -0.1) is 0 Å². The lowest BCUT2D eigenvalue weighted by atomic mass is 10.2. The van der Waals surface area contributed by atoms with Crippen LogP contribution < -0.4 is 19.5 Å². The van der Waals surface area contributed by atoms with E-state index >= 15 is 0 Å². The van der Waals surface area contributed by atoms with E-state index in [2.05, 4.69) is 5.32 Å². The fourth-order valence-electron chi connectivity index (χ4n) is 2.42. The number of rotatable bonds is 5. The third-order valence-corrected chi connectivity index (χ3v) is 3.80. The molecular weight excluding hydrogens is 338 g/mol. The molecule has 0 fully saturated rings. The quantitative estimate of drug-likeness (QED) is 0.828. The number of hydrogen-bond donors (Lipinski definition) is 1. The van der Waals surface area contributed by atoms with Gasteiger partial charge in [0, 0.05) is 0 Å². The Bertz CT molecular complexity index is 806. The molecule has 0 aromatic heterocycles. The van der Waals surface area contributed by atoms with E-state index in [9.17, 15) is 9.59 Å². The molecular formula is C19H19NO6. The first-order chi connectivity index (χ1) is 12.6. The van der Waals surface area contributed by atoms with Gasteiger partial charge in [0.25, 0.3) is 5.91 Å². The Balaban J connectivity index is 1.58. The van der Waals surface area contributed by atoms with Crippen molar-refractivity contribution < 1.29 is 28.5 Å². The summed E-state index contributed by atoms with van der Waals surface area (Å²) in [6.45, 7) is 1.51. The summed E-state index contributed by atoms with van der Waals surface area (Å²) in [7, 11) is 1.51. The molecule has 1 aliphatic heterocycles. The summed E-state index contributed by atoms with van der Waals surface area (Å²) in [6.07, 6.45) is -1.93. The maximum atomic E-state index is 12.3. The van der Waals surface area contributed by atoms with Crippen LogP contribution in [0.5, 0.6) is 17.2 Å². The number of methoxy groups -OCH3 is 1. The Hall–Kier alpha value is -3.22. The Labute approximate surface area is 150 Å². The summed E-state index contributed by atoms with van der Waals surface area (Å²) in [6, 6.07) is 14.0. The molecule has 2 aromatic rings. The third kappa shape index (κ3) is 3.88. The van der Waals surface area contributed by atoms with Crippen LogP contribution in [0.1, 0.15) is 6.92 Å². The van der Waals surface area contributed by atoms with Crippen molar-refractivity contribution in [2.24, 2.45) is 0 Å². The summed E-state index contributed by atoms with van der Waals surface area (Å²) in [5, 5.41) is 2.67. The number of para-hydroxylation sites is 4. The first kappa shape index (κ1) is 17.6. The van der Waals surface area contributed by atoms with Crippen molar-refractivity contribution in [1.29, 1.82) is 0 Å². The van der Waals surface area contributed by atoms with Gasteiger partial charge in [0.15, 0.2) is 17.6 Å². The largest absolute Gasteiger partial charge is 0.495 e. The molecule has 1 amide bonds. The Morgan fingerprint density at radius 3 is 2.58 bits per heavy atom. The summed E-state index contributed by atoms with van der Waals surface area (Å²) >= 11 is 0. The predicted octanol–water partition coefficient (Wildman–Crippen LogP) is 2.41. The zero-order valence-electron chi connectivity index (χ0n) is 14.4. The standard InChI is InChI=1S/C19H19NO6/c1-12(18(21)20-13-7-3-4-8-14(13)23-2)25-19(22)17-11-24-15-9-5-6-10-16(15)26-17/h3-10,12,17H,11H2,1-2H3,(H,20,21)/t12-,17-/m0/s1. The van der Waals surface area contributed by atoms with Crippen LogP contribution in [0, 0.1) is 0 Å². The van der Waals surface area contributed by atoms with Crippen molar-refractivity contribution >= 4 is 17.6 Å². The lowest BCUT2D eigenvalue weighted by Crippen LogP contribution is -2.41. The average molecular weight is 357 g/mol. The third-order valence-electron chi connectivity index (χ3n) is 3.80. The highest BCUT2D eigenvalue weighted by atomic mass is 16.6. The van der Waals surface area contributed by atoms with Gasteiger partial charge in [0.05, 0.1) is 12.8 Å². The van der Waals surface area contributed by atoms with E-state index in [1.807, 2.05) is 6.07 Å². The van der Waals surface area contributed by atoms with Crippen LogP contribution in [0.25, 0.3) is 0 Å². The fourth-order valence-corrected chi connectivity index (χ4v) is 2.42. The molecule has 1 aliphatic rings. The molecule has 1 heterocycles. The topological polar surface area (TPSA) is 83.1 Å². The number of benzene rings is 2. The molecule has 3 rings (SSSR count). The number of anilines is 1. The minimum Gasteiger partial charge on any atom is -0.495 e. The highest BCUT2D eigenvalue weighted by Gasteiger charge is 2.31. The normalized spacial score (nSPS) is 16.3. The molecule has 0 unspecified atom stereocenters. The van der Waals surface area contributed by atoms with Crippen molar-refractivity contribution in [2.75, 3.05) is 19.0 Å². The second-order valence-corrected chi connectivity index (χ2v) is 5.63. The van der Waals surface area contributed by atoms with Crippen LogP contribution in [0.4, 0.5) is 5.69 Å². The van der Waals surface area contributed by atoms with Gasteiger partial charge < -0.3 is 24.3 Å². The van der Waals surface area contributed by atoms with E-state index < -0.39 is 24.1 Å². The first-order valence-corrected chi connectivity index (χ1v) is 8.11. The van der Waals surface area contributed by atoms with Crippen molar-refractivity contribution in [1.82, 2.24) is 0 Å². The van der Waals surface area contributed by atoms with Crippen molar-refractivity contribution in [3.63, 3.8) is 0 Å². The second kappa shape index (κ2) is 7.77. The van der Waals surface area contributed by atoms with E-state index in [-0.39, 0.29) is 6.61 Å². The van der Waals surface area contributed by atoms with E-state index in [4.69, 9.17) is 18.9 Å². The van der Waals surface area contributed by atoms with Gasteiger partial charge in [-0.25, -0.2) is 4.79 Å². The molecule has 0 spiro atoms. The van der Waals surface area contributed by atoms with E-state index in [0.29, 0.717) is 22.9 Å². The highest BCUT2D eigenvalue weighted by molar-refractivity contribution is 5.96. The van der Waals surface area contributed by atoms with Gasteiger partial charge in [-0.3, -0.25) is 4.79 Å². The van der Waals surface area contributed by atoms with Crippen molar-refractivity contribution in [2.45, 2.75) is 19.1 Å². The number of amides is 1. The maximum absolute atomic E-state index is 12.3. The fraction of sp³-hybridized carbons (Fsp3) is 0.263. The van der Waals surface area contributed by atoms with Crippen LogP contribution >= 0.6 is 0 Å². The van der Waals surface area contributed by atoms with Gasteiger partial charge in [-0.05, 0) is 31.2 Å². The van der Waals surface area contributed by atoms with Crippen LogP contribution in [-0.4, -0.2) is 37.8 Å². The van der Waals surface area contributed by atoms with Gasteiger partial charge in [0.1, 0.15) is 12.4 Å². The molecule has 7 heteroatoms. The molecule has 0 saturated heterocycles. The molecule has 0 saturated carbocycles. The number of carbonyl (C=O) groups excluding carboxylic acids is 2. The molecule has 2 atom stereocenters. The second-order valence-electron chi connectivity index (χ2n) is 5.63. The lowest BCUT2D eigenvalue weighted by molar-refractivity contribution is -0.162. The minimum atomic E-state index is -1.01. The van der Waals surface area contributed by atoms with Gasteiger partial charge in [0.2, 0.25) is 6.10 Å². The smallest absolute Gasteiger partial charge is 0.351 e. The van der Waals surface area contributed by atoms with Crippen LogP contribution in [0.3, 0.4) is 0 Å². The van der Waals surface area contributed by atoms with Gasteiger partial charge in [-0.2, -0.15) is 0 Å². The Morgan fingerprint density at radius 1 is 1.12 bits per heavy atom. The van der Waals surface area contributed by atoms with E-state index in [0.717, 1.165) is 0 Å². The Kier molecular flexibility index (Phi) is 5.26. The number of carbonyl (C=O) groups is 2. The van der Waals surface area contributed by atoms with Gasteiger partial charge in [-0.1, -0.05) is 24.3 Å². The molecule has 0 aliphatic carbocycles. The molecule has 2 aromatic carbocycles. The number of fused-ring (bicyclic) bond motifs is 1. The molecule has 1 N–H and O–H groups in total.